The van der Waals surface area contributed by atoms with Gasteiger partial charge < -0.3 is 25.2 Å². The standard InChI is InChI=1S/C35H43N3O5S2/c1-4-5-6-26-24-9-8-23-22-11-13-35(30(23)29(24)33(40)42-26)27-10-7-19(2)32(37-17-20(3)39)45-44-18-38-28-16-21(12-14-36-28)15-25(22)31(35)34(41)43-27/h6,10,12,14,16,19-20,22-23,30,32,37,39H,4-5,7-9,11,13,15,17-18H2,1-3H3,(H,36,38). The van der Waals surface area contributed by atoms with Crippen molar-refractivity contribution in [1.29, 1.82) is 0 Å². The molecule has 1 saturated carbocycles. The number of aliphatic hydroxyl groups excluding tert-OH is 1. The van der Waals surface area contributed by atoms with E-state index in [4.69, 9.17) is 9.47 Å². The van der Waals surface area contributed by atoms with Crippen LogP contribution in [-0.4, -0.2) is 45.9 Å². The molecule has 1 saturated heterocycles. The van der Waals surface area contributed by atoms with Gasteiger partial charge in [-0.05, 0) is 99.5 Å². The second-order valence-electron chi connectivity index (χ2n) is 13.4. The van der Waals surface area contributed by atoms with Crippen LogP contribution in [0.1, 0.15) is 71.3 Å². The van der Waals surface area contributed by atoms with Crippen molar-refractivity contribution in [1.82, 2.24) is 10.3 Å². The predicted molar refractivity (Wildman–Crippen MR) is 178 cm³/mol. The third-order valence-electron chi connectivity index (χ3n) is 10.6. The molecule has 4 heterocycles. The number of carbonyl (C=O) groups is 2. The highest BCUT2D eigenvalue weighted by atomic mass is 33.1. The molecular formula is C35H43N3O5S2. The van der Waals surface area contributed by atoms with Gasteiger partial charge in [-0.25, -0.2) is 14.6 Å². The summed E-state index contributed by atoms with van der Waals surface area (Å²) >= 11 is 0. The van der Waals surface area contributed by atoms with Crippen LogP contribution in [0.2, 0.25) is 0 Å². The molecule has 4 aliphatic carbocycles. The summed E-state index contributed by atoms with van der Waals surface area (Å²) in [6.45, 7) is 6.60. The summed E-state index contributed by atoms with van der Waals surface area (Å²) in [7, 11) is 3.46. The lowest BCUT2D eigenvalue weighted by Gasteiger charge is -2.56. The number of nitrogens with one attached hydrogen (secondary N) is 2. The van der Waals surface area contributed by atoms with Crippen LogP contribution in [0, 0.1) is 29.1 Å². The summed E-state index contributed by atoms with van der Waals surface area (Å²) in [6, 6.07) is 4.14. The molecule has 1 aromatic heterocycles. The molecule has 7 bridgehead atoms. The quantitative estimate of drug-likeness (QED) is 0.244. The molecule has 8 nitrogen and oxygen atoms in total. The number of rotatable bonds is 5. The molecule has 1 spiro atoms. The zero-order valence-corrected chi connectivity index (χ0v) is 27.9. The zero-order chi connectivity index (χ0) is 31.3. The normalized spacial score (nSPS) is 34.2. The molecular weight excluding hydrogens is 607 g/mol. The number of hydrogen-bond acceptors (Lipinski definition) is 10. The highest BCUT2D eigenvalue weighted by Crippen LogP contribution is 2.70. The summed E-state index contributed by atoms with van der Waals surface area (Å²) in [5, 5.41) is 17.1. The molecule has 0 radical (unpaired) electrons. The topological polar surface area (TPSA) is 110 Å². The number of hydrogen-bond donors (Lipinski definition) is 3. The van der Waals surface area contributed by atoms with Crippen molar-refractivity contribution in [3.63, 3.8) is 0 Å². The van der Waals surface area contributed by atoms with Gasteiger partial charge in [0.2, 0.25) is 0 Å². The summed E-state index contributed by atoms with van der Waals surface area (Å²) in [5.41, 5.74) is 4.27. The van der Waals surface area contributed by atoms with Crippen LogP contribution in [0.4, 0.5) is 5.82 Å². The second kappa shape index (κ2) is 12.6. The number of fused-ring (bicyclic) bond motifs is 3. The summed E-state index contributed by atoms with van der Waals surface area (Å²) < 4.78 is 12.3. The van der Waals surface area contributed by atoms with Crippen molar-refractivity contribution in [2.45, 2.75) is 83.6 Å². The fraction of sp³-hybridized carbons (Fsp3) is 0.571. The monoisotopic (exact) mass is 649 g/mol. The lowest BCUT2D eigenvalue weighted by Crippen LogP contribution is -2.52. The SMILES string of the molecule is CCCC=C1OC(=O)C2=C1CCC1C3CCC4(C5=CCC(C)C(NCC(C)O)SSCNc6cc(ccn6)CC3=C4C(=O)O5)C21. The number of aliphatic hydroxyl groups is 1. The van der Waals surface area contributed by atoms with Crippen LogP contribution in [-0.2, 0) is 25.5 Å². The van der Waals surface area contributed by atoms with Crippen molar-refractivity contribution in [3.05, 3.63) is 69.9 Å². The van der Waals surface area contributed by atoms with E-state index in [0.717, 1.165) is 78.1 Å². The van der Waals surface area contributed by atoms with Crippen molar-refractivity contribution in [2.75, 3.05) is 17.7 Å². The van der Waals surface area contributed by atoms with Crippen molar-refractivity contribution in [3.8, 4) is 0 Å². The molecule has 7 atom stereocenters. The van der Waals surface area contributed by atoms with E-state index < -0.39 is 11.5 Å². The van der Waals surface area contributed by atoms with E-state index in [1.165, 1.54) is 5.57 Å². The molecule has 7 unspecified atom stereocenters. The Hall–Kier alpha value is -2.53. The zero-order valence-electron chi connectivity index (χ0n) is 26.3. The molecule has 2 fully saturated rings. The lowest BCUT2D eigenvalue weighted by atomic mass is 9.44. The number of pyridine rings is 1. The number of nitrogens with zero attached hydrogens (tertiary/aromatic N) is 1. The Morgan fingerprint density at radius 3 is 2.96 bits per heavy atom. The minimum Gasteiger partial charge on any atom is -0.427 e. The van der Waals surface area contributed by atoms with Crippen molar-refractivity contribution in [2.24, 2.45) is 29.1 Å². The Bertz CT molecular complexity index is 1520. The first-order chi connectivity index (χ1) is 21.8. The Balaban J connectivity index is 1.37. The van der Waals surface area contributed by atoms with Gasteiger partial charge in [0.25, 0.3) is 0 Å². The van der Waals surface area contributed by atoms with E-state index in [0.29, 0.717) is 25.3 Å². The molecule has 45 heavy (non-hydrogen) atoms. The highest BCUT2D eigenvalue weighted by Gasteiger charge is 2.68. The van der Waals surface area contributed by atoms with E-state index >= 15 is 0 Å². The first kappa shape index (κ1) is 31.1. The van der Waals surface area contributed by atoms with Crippen LogP contribution in [0.25, 0.3) is 0 Å². The third-order valence-corrected chi connectivity index (χ3v) is 13.2. The Morgan fingerprint density at radius 1 is 1.27 bits per heavy atom. The first-order valence-corrected chi connectivity index (χ1v) is 18.9. The Morgan fingerprint density at radius 2 is 2.13 bits per heavy atom. The lowest BCUT2D eigenvalue weighted by molar-refractivity contribution is -0.135. The average molecular weight is 650 g/mol. The van der Waals surface area contributed by atoms with Gasteiger partial charge in [0, 0.05) is 29.8 Å². The van der Waals surface area contributed by atoms with Gasteiger partial charge in [-0.15, -0.1) is 0 Å². The van der Waals surface area contributed by atoms with E-state index in [1.807, 2.05) is 12.3 Å². The maximum Gasteiger partial charge on any atom is 0.340 e. The predicted octanol–water partition coefficient (Wildman–Crippen LogP) is 6.42. The number of aromatic nitrogens is 1. The largest absolute Gasteiger partial charge is 0.427 e. The number of unbranched alkanes of at least 4 members (excludes halogenated alkanes) is 1. The van der Waals surface area contributed by atoms with Gasteiger partial charge in [-0.3, -0.25) is 0 Å². The molecule has 1 aromatic rings. The summed E-state index contributed by atoms with van der Waals surface area (Å²) in [4.78, 5) is 32.4. The molecule has 10 heteroatoms. The van der Waals surface area contributed by atoms with Gasteiger partial charge in [-0.1, -0.05) is 47.4 Å². The van der Waals surface area contributed by atoms with E-state index in [-0.39, 0.29) is 41.0 Å². The van der Waals surface area contributed by atoms with E-state index in [1.54, 1.807) is 28.5 Å². The number of esters is 2. The van der Waals surface area contributed by atoms with Gasteiger partial charge in [0.05, 0.1) is 28.3 Å². The smallest absolute Gasteiger partial charge is 0.340 e. The van der Waals surface area contributed by atoms with Crippen LogP contribution in [0.15, 0.2) is 64.3 Å². The molecule has 240 valence electrons. The fourth-order valence-electron chi connectivity index (χ4n) is 8.70. The molecule has 8 rings (SSSR count). The minimum absolute atomic E-state index is 0.0607. The highest BCUT2D eigenvalue weighted by molar-refractivity contribution is 8.76. The first-order valence-electron chi connectivity index (χ1n) is 16.5. The molecule has 0 amide bonds. The number of anilines is 1. The van der Waals surface area contributed by atoms with Crippen LogP contribution in [0.5, 0.6) is 0 Å². The van der Waals surface area contributed by atoms with Crippen molar-refractivity contribution < 1.29 is 24.2 Å². The average Bonchev–Trinajstić information content (AvgIpc) is 3.51. The van der Waals surface area contributed by atoms with Crippen LogP contribution < -0.4 is 10.6 Å². The molecule has 3 N–H and O–H groups in total. The molecule has 0 aromatic carbocycles. The Kier molecular flexibility index (Phi) is 8.69. The van der Waals surface area contributed by atoms with Crippen molar-refractivity contribution >= 4 is 39.3 Å². The van der Waals surface area contributed by atoms with Gasteiger partial charge in [0.15, 0.2) is 0 Å². The maximum absolute atomic E-state index is 14.1. The molecule has 3 aliphatic heterocycles. The van der Waals surface area contributed by atoms with Gasteiger partial charge in [-0.2, -0.15) is 0 Å². The van der Waals surface area contributed by atoms with Crippen LogP contribution in [0.3, 0.4) is 0 Å². The van der Waals surface area contributed by atoms with Gasteiger partial charge >= 0.3 is 11.9 Å². The summed E-state index contributed by atoms with van der Waals surface area (Å²) in [5.74, 6) is 2.99. The molecule has 7 aliphatic rings. The number of ether oxygens (including phenoxy) is 2. The second-order valence-corrected chi connectivity index (χ2v) is 16.0. The number of carbonyl (C=O) groups excluding carboxylic acids is 2. The number of allylic oxidation sites excluding steroid dienone is 5. The Labute approximate surface area is 273 Å². The van der Waals surface area contributed by atoms with E-state index in [9.17, 15) is 14.7 Å². The van der Waals surface area contributed by atoms with Gasteiger partial charge in [0.1, 0.15) is 17.3 Å². The fourth-order valence-corrected chi connectivity index (χ4v) is 11.2. The minimum atomic E-state index is -0.665. The van der Waals surface area contributed by atoms with E-state index in [2.05, 4.69) is 47.7 Å². The summed E-state index contributed by atoms with van der Waals surface area (Å²) in [6.07, 6.45) is 12.4. The maximum atomic E-state index is 14.1. The third kappa shape index (κ3) is 5.39. The van der Waals surface area contributed by atoms with Crippen LogP contribution >= 0.6 is 21.6 Å². The number of cyclic esters (lactones) is 1.